The summed E-state index contributed by atoms with van der Waals surface area (Å²) in [5, 5.41) is 10.8. The van der Waals surface area contributed by atoms with Gasteiger partial charge in [-0.3, -0.25) is 4.90 Å². The van der Waals surface area contributed by atoms with E-state index in [4.69, 9.17) is 4.74 Å². The maximum atomic E-state index is 9.37. The summed E-state index contributed by atoms with van der Waals surface area (Å²) < 4.78 is 5.66. The summed E-state index contributed by atoms with van der Waals surface area (Å²) in [7, 11) is 0. The minimum atomic E-state index is 0.205. The molecule has 1 aromatic heterocycles. The molecule has 1 aliphatic rings. The molecule has 0 saturated carbocycles. The number of hydrogen-bond acceptors (Lipinski definition) is 5. The Morgan fingerprint density at radius 1 is 1.20 bits per heavy atom. The monoisotopic (exact) mass is 360 g/mol. The van der Waals surface area contributed by atoms with Crippen LogP contribution in [-0.2, 0) is 24.3 Å². The summed E-state index contributed by atoms with van der Waals surface area (Å²) in [5.41, 5.74) is 4.14. The number of hydrogen-bond donors (Lipinski definition) is 1. The van der Waals surface area contributed by atoms with E-state index in [2.05, 4.69) is 47.1 Å². The van der Waals surface area contributed by atoms with Crippen LogP contribution in [-0.4, -0.2) is 43.0 Å². The summed E-state index contributed by atoms with van der Waals surface area (Å²) in [4.78, 5) is 6.13. The van der Waals surface area contributed by atoms with Crippen molar-refractivity contribution in [2.45, 2.75) is 33.4 Å². The molecule has 4 nitrogen and oxygen atoms in total. The van der Waals surface area contributed by atoms with Gasteiger partial charge in [0.2, 0.25) is 0 Å². The molecule has 25 heavy (non-hydrogen) atoms. The molecule has 2 aromatic rings. The first-order valence-corrected chi connectivity index (χ1v) is 9.85. The van der Waals surface area contributed by atoms with Gasteiger partial charge in [-0.2, -0.15) is 0 Å². The zero-order valence-electron chi connectivity index (χ0n) is 15.2. The first-order valence-electron chi connectivity index (χ1n) is 9.04. The van der Waals surface area contributed by atoms with Crippen LogP contribution >= 0.6 is 11.3 Å². The van der Waals surface area contributed by atoms with Crippen LogP contribution < -0.4 is 4.90 Å². The van der Waals surface area contributed by atoms with Gasteiger partial charge in [-0.15, -0.1) is 11.3 Å². The van der Waals surface area contributed by atoms with Gasteiger partial charge >= 0.3 is 0 Å². The van der Waals surface area contributed by atoms with Gasteiger partial charge in [-0.1, -0.05) is 30.3 Å². The van der Waals surface area contributed by atoms with Gasteiger partial charge in [0.1, 0.15) is 0 Å². The predicted molar refractivity (Wildman–Crippen MR) is 104 cm³/mol. The number of thiophene rings is 1. The normalized spacial score (nSPS) is 14.8. The minimum Gasteiger partial charge on any atom is -0.395 e. The Hall–Kier alpha value is -1.40. The third kappa shape index (κ3) is 4.42. The van der Waals surface area contributed by atoms with Crippen molar-refractivity contribution in [3.8, 4) is 0 Å². The number of β-amino-alcohol motifs (C(OH)–C–C–N with tert-alkyl or cyclic N) is 1. The number of benzene rings is 1. The van der Waals surface area contributed by atoms with Gasteiger partial charge in [0, 0.05) is 36.7 Å². The predicted octanol–water partition coefficient (Wildman–Crippen LogP) is 3.41. The van der Waals surface area contributed by atoms with Crippen molar-refractivity contribution in [3.63, 3.8) is 0 Å². The molecular formula is C20H28N2O2S. The Bertz CT molecular complexity index is 672. The number of aliphatic hydroxyl groups excluding tert-OH is 1. The summed E-state index contributed by atoms with van der Waals surface area (Å²) in [6, 6.07) is 10.6. The molecule has 0 fully saturated rings. The zero-order chi connectivity index (χ0) is 17.6. The summed E-state index contributed by atoms with van der Waals surface area (Å²) in [6.45, 7) is 9.42. The first kappa shape index (κ1) is 18.4. The average Bonchev–Trinajstić information content (AvgIpc) is 2.95. The van der Waals surface area contributed by atoms with E-state index in [0.29, 0.717) is 6.61 Å². The minimum absolute atomic E-state index is 0.205. The van der Waals surface area contributed by atoms with E-state index in [1.165, 1.54) is 26.6 Å². The van der Waals surface area contributed by atoms with Gasteiger partial charge in [0.25, 0.3) is 0 Å². The molecule has 0 amide bonds. The molecule has 0 atom stereocenters. The molecule has 1 aromatic carbocycles. The molecule has 0 spiro atoms. The molecule has 0 bridgehead atoms. The maximum absolute atomic E-state index is 9.37. The third-order valence-corrected chi connectivity index (χ3v) is 6.12. The Morgan fingerprint density at radius 2 is 2.00 bits per heavy atom. The molecule has 3 rings (SSSR count). The van der Waals surface area contributed by atoms with Crippen LogP contribution in [0.5, 0.6) is 0 Å². The van der Waals surface area contributed by atoms with Crippen LogP contribution in [0, 0.1) is 6.92 Å². The van der Waals surface area contributed by atoms with Crippen LogP contribution in [0.25, 0.3) is 0 Å². The van der Waals surface area contributed by atoms with Crippen LogP contribution in [0.2, 0.25) is 0 Å². The fraction of sp³-hybridized carbons (Fsp3) is 0.500. The lowest BCUT2D eigenvalue weighted by Crippen LogP contribution is -2.43. The number of nitrogens with zero attached hydrogens (tertiary/aromatic N) is 2. The van der Waals surface area contributed by atoms with Crippen molar-refractivity contribution in [2.75, 3.05) is 37.9 Å². The lowest BCUT2D eigenvalue weighted by atomic mass is 10.1. The van der Waals surface area contributed by atoms with E-state index in [-0.39, 0.29) is 6.61 Å². The molecule has 0 unspecified atom stereocenters. The topological polar surface area (TPSA) is 35.9 Å². The molecule has 0 aliphatic carbocycles. The van der Waals surface area contributed by atoms with E-state index in [1.54, 1.807) is 0 Å². The maximum Gasteiger partial charge on any atom is 0.0971 e. The highest BCUT2D eigenvalue weighted by molar-refractivity contribution is 7.16. The van der Waals surface area contributed by atoms with Gasteiger partial charge in [-0.05, 0) is 31.4 Å². The fourth-order valence-corrected chi connectivity index (χ4v) is 4.58. The number of fused-ring (bicyclic) bond motifs is 1. The summed E-state index contributed by atoms with van der Waals surface area (Å²) in [5.74, 6) is 0. The quantitative estimate of drug-likeness (QED) is 0.783. The average molecular weight is 361 g/mol. The van der Waals surface area contributed by atoms with Crippen LogP contribution in [0.4, 0.5) is 5.00 Å². The fourth-order valence-electron chi connectivity index (χ4n) is 3.31. The van der Waals surface area contributed by atoms with Gasteiger partial charge < -0.3 is 14.7 Å². The molecule has 0 saturated heterocycles. The highest BCUT2D eigenvalue weighted by atomic mass is 32.1. The first-order chi connectivity index (χ1) is 12.2. The SMILES string of the molecule is CCOCc1sc2c(c1C)CN(CCO)CN2CCc1ccccc1. The Labute approximate surface area is 154 Å². The zero-order valence-corrected chi connectivity index (χ0v) is 16.0. The Morgan fingerprint density at radius 3 is 2.72 bits per heavy atom. The standard InChI is InChI=1S/C20H28N2O2S/c1-3-24-14-19-16(2)18-13-21(11-12-23)15-22(20(18)25-19)10-9-17-7-5-4-6-8-17/h4-8,23H,3,9-15H2,1-2H3. The van der Waals surface area contributed by atoms with Gasteiger partial charge in [-0.25, -0.2) is 0 Å². The van der Waals surface area contributed by atoms with E-state index >= 15 is 0 Å². The van der Waals surface area contributed by atoms with Crippen molar-refractivity contribution < 1.29 is 9.84 Å². The molecule has 1 aliphatic heterocycles. The summed E-state index contributed by atoms with van der Waals surface area (Å²) in [6.07, 6.45) is 1.03. The van der Waals surface area contributed by atoms with Crippen molar-refractivity contribution in [3.05, 3.63) is 51.9 Å². The van der Waals surface area contributed by atoms with E-state index in [9.17, 15) is 5.11 Å². The molecule has 1 N–H and O–H groups in total. The van der Waals surface area contributed by atoms with Crippen LogP contribution in [0.1, 0.15) is 28.5 Å². The van der Waals surface area contributed by atoms with Gasteiger partial charge in [0.15, 0.2) is 0 Å². The lowest BCUT2D eigenvalue weighted by molar-refractivity contribution is 0.136. The van der Waals surface area contributed by atoms with Crippen molar-refractivity contribution in [2.24, 2.45) is 0 Å². The number of rotatable bonds is 8. The highest BCUT2D eigenvalue weighted by Crippen LogP contribution is 2.39. The van der Waals surface area contributed by atoms with Crippen molar-refractivity contribution in [1.29, 1.82) is 0 Å². The van der Waals surface area contributed by atoms with Crippen molar-refractivity contribution >= 4 is 16.3 Å². The van der Waals surface area contributed by atoms with Crippen LogP contribution in [0.15, 0.2) is 30.3 Å². The second kappa shape index (κ2) is 8.81. The van der Waals surface area contributed by atoms with Crippen molar-refractivity contribution in [1.82, 2.24) is 4.90 Å². The molecular weight excluding hydrogens is 332 g/mol. The Kier molecular flexibility index (Phi) is 6.48. The second-order valence-corrected chi connectivity index (χ2v) is 7.57. The Balaban J connectivity index is 1.79. The smallest absolute Gasteiger partial charge is 0.0971 e. The second-order valence-electron chi connectivity index (χ2n) is 6.49. The highest BCUT2D eigenvalue weighted by Gasteiger charge is 2.27. The van der Waals surface area contributed by atoms with Crippen LogP contribution in [0.3, 0.4) is 0 Å². The molecule has 2 heterocycles. The van der Waals surface area contributed by atoms with E-state index in [0.717, 1.165) is 39.3 Å². The molecule has 5 heteroatoms. The van der Waals surface area contributed by atoms with Gasteiger partial charge in [0.05, 0.1) is 24.9 Å². The largest absolute Gasteiger partial charge is 0.395 e. The summed E-state index contributed by atoms with van der Waals surface area (Å²) >= 11 is 1.88. The number of anilines is 1. The number of ether oxygens (including phenoxy) is 1. The van der Waals surface area contributed by atoms with E-state index < -0.39 is 0 Å². The third-order valence-electron chi connectivity index (χ3n) is 4.76. The van der Waals surface area contributed by atoms with E-state index in [1.807, 2.05) is 18.3 Å². The molecule has 0 radical (unpaired) electrons. The number of aliphatic hydroxyl groups is 1. The lowest BCUT2D eigenvalue weighted by Gasteiger charge is -2.36. The molecule has 136 valence electrons.